The number of aromatic amines is 1. The molecule has 0 aliphatic carbocycles. The maximum Gasteiger partial charge on any atom is 0.228 e. The number of hydrogen-bond acceptors (Lipinski definition) is 5. The van der Waals surface area contributed by atoms with Gasteiger partial charge in [0, 0.05) is 41.8 Å². The number of carbonyl (C=O) groups excluding carboxylic acids is 1. The molecule has 0 spiro atoms. The monoisotopic (exact) mass is 493 g/mol. The second kappa shape index (κ2) is 10.4. The molecule has 5 rings (SSSR count). The molecule has 5 aromatic rings. The lowest BCUT2D eigenvalue weighted by Crippen LogP contribution is -2.15. The Hall–Kier alpha value is -4.23. The molecule has 2 aromatic heterocycles. The summed E-state index contributed by atoms with van der Waals surface area (Å²) in [5.41, 5.74) is 8.39. The Kier molecular flexibility index (Phi) is 6.88. The quantitative estimate of drug-likeness (QED) is 0.286. The van der Waals surface area contributed by atoms with Crippen molar-refractivity contribution in [2.45, 2.75) is 26.7 Å². The van der Waals surface area contributed by atoms with Gasteiger partial charge in [0.2, 0.25) is 17.6 Å². The molecule has 0 saturated carbocycles. The van der Waals surface area contributed by atoms with E-state index < -0.39 is 0 Å². The lowest BCUT2D eigenvalue weighted by Gasteiger charge is -2.10. The van der Waals surface area contributed by atoms with E-state index in [9.17, 15) is 4.79 Å². The predicted molar refractivity (Wildman–Crippen MR) is 148 cm³/mol. The largest absolute Gasteiger partial charge is 0.361 e. The topological polar surface area (TPSA) is 87.0 Å². The molecule has 0 atom stereocenters. The molecular formula is C30H31N5O2. The van der Waals surface area contributed by atoms with Crippen LogP contribution in [0.4, 0.5) is 5.69 Å². The van der Waals surface area contributed by atoms with Crippen molar-refractivity contribution in [2.75, 3.05) is 26.0 Å². The first-order valence-electron chi connectivity index (χ1n) is 12.4. The lowest BCUT2D eigenvalue weighted by atomic mass is 9.97. The van der Waals surface area contributed by atoms with Crippen molar-refractivity contribution in [2.24, 2.45) is 0 Å². The number of hydrogen-bond donors (Lipinski definition) is 2. The summed E-state index contributed by atoms with van der Waals surface area (Å²) < 4.78 is 5.10. The van der Waals surface area contributed by atoms with E-state index in [0.717, 1.165) is 57.4 Å². The summed E-state index contributed by atoms with van der Waals surface area (Å²) in [6, 6.07) is 20.3. The number of carbonyl (C=O) groups is 1. The van der Waals surface area contributed by atoms with Crippen LogP contribution in [0.3, 0.4) is 0 Å². The van der Waals surface area contributed by atoms with Crippen molar-refractivity contribution < 1.29 is 9.32 Å². The van der Waals surface area contributed by atoms with Crippen LogP contribution < -0.4 is 5.32 Å². The van der Waals surface area contributed by atoms with Crippen LogP contribution in [-0.4, -0.2) is 46.6 Å². The van der Waals surface area contributed by atoms with Crippen molar-refractivity contribution in [3.63, 3.8) is 0 Å². The van der Waals surface area contributed by atoms with Gasteiger partial charge in [0.25, 0.3) is 0 Å². The average Bonchev–Trinajstić information content (AvgIpc) is 3.49. The standard InChI is InChI=1S/C30H31N5O2/c1-19-15-23(30-32-20(2)37-34-30)9-11-26(19)22-7-5-21(6-8-22)16-29(36)33-25-10-12-28-27(17-25)24(18-31-28)13-14-35(3)4/h5-12,15,17-18,31H,13-14,16H2,1-4H3,(H,33,36). The molecule has 37 heavy (non-hydrogen) atoms. The summed E-state index contributed by atoms with van der Waals surface area (Å²) in [6.45, 7) is 4.82. The number of nitrogens with one attached hydrogen (secondary N) is 2. The molecule has 0 bridgehead atoms. The van der Waals surface area contributed by atoms with Crippen molar-refractivity contribution in [1.82, 2.24) is 20.0 Å². The molecule has 0 saturated heterocycles. The van der Waals surface area contributed by atoms with Gasteiger partial charge in [-0.2, -0.15) is 4.98 Å². The van der Waals surface area contributed by atoms with Gasteiger partial charge in [0.1, 0.15) is 0 Å². The Morgan fingerprint density at radius 1 is 1.00 bits per heavy atom. The highest BCUT2D eigenvalue weighted by atomic mass is 16.5. The second-order valence-electron chi connectivity index (χ2n) is 9.72. The molecule has 0 fully saturated rings. The molecular weight excluding hydrogens is 462 g/mol. The van der Waals surface area contributed by atoms with Gasteiger partial charge in [-0.25, -0.2) is 0 Å². The zero-order valence-corrected chi connectivity index (χ0v) is 21.6. The molecule has 1 amide bonds. The van der Waals surface area contributed by atoms with Crippen LogP contribution in [0.5, 0.6) is 0 Å². The molecule has 0 aliphatic rings. The molecule has 0 unspecified atom stereocenters. The summed E-state index contributed by atoms with van der Waals surface area (Å²) >= 11 is 0. The number of rotatable bonds is 8. The molecule has 188 valence electrons. The van der Waals surface area contributed by atoms with E-state index in [0.29, 0.717) is 18.1 Å². The number of anilines is 1. The first-order valence-corrected chi connectivity index (χ1v) is 12.4. The number of fused-ring (bicyclic) bond motifs is 1. The molecule has 0 radical (unpaired) electrons. The lowest BCUT2D eigenvalue weighted by molar-refractivity contribution is -0.115. The normalized spacial score (nSPS) is 11.4. The smallest absolute Gasteiger partial charge is 0.228 e. The van der Waals surface area contributed by atoms with Crippen LogP contribution in [0.15, 0.2) is 71.4 Å². The Balaban J connectivity index is 1.25. The summed E-state index contributed by atoms with van der Waals surface area (Å²) in [5.74, 6) is 1.11. The summed E-state index contributed by atoms with van der Waals surface area (Å²) in [4.78, 5) is 22.6. The third-order valence-corrected chi connectivity index (χ3v) is 6.52. The molecule has 3 aromatic carbocycles. The van der Waals surface area contributed by atoms with Gasteiger partial charge in [-0.15, -0.1) is 0 Å². The fourth-order valence-corrected chi connectivity index (χ4v) is 4.54. The molecule has 7 heteroatoms. The second-order valence-corrected chi connectivity index (χ2v) is 9.72. The van der Waals surface area contributed by atoms with Gasteiger partial charge >= 0.3 is 0 Å². The van der Waals surface area contributed by atoms with Crippen LogP contribution >= 0.6 is 0 Å². The van der Waals surface area contributed by atoms with Crippen LogP contribution in [0.25, 0.3) is 33.4 Å². The molecule has 0 aliphatic heterocycles. The van der Waals surface area contributed by atoms with Crippen LogP contribution in [0, 0.1) is 13.8 Å². The van der Waals surface area contributed by atoms with Crippen molar-refractivity contribution >= 4 is 22.5 Å². The average molecular weight is 494 g/mol. The van der Waals surface area contributed by atoms with Crippen LogP contribution in [0.1, 0.15) is 22.6 Å². The fourth-order valence-electron chi connectivity index (χ4n) is 4.54. The molecule has 7 nitrogen and oxygen atoms in total. The van der Waals surface area contributed by atoms with E-state index in [-0.39, 0.29) is 5.91 Å². The summed E-state index contributed by atoms with van der Waals surface area (Å²) in [6.07, 6.45) is 3.33. The maximum atomic E-state index is 12.8. The van der Waals surface area contributed by atoms with Gasteiger partial charge < -0.3 is 19.7 Å². The summed E-state index contributed by atoms with van der Waals surface area (Å²) in [5, 5.41) is 8.22. The number of nitrogens with zero attached hydrogens (tertiary/aromatic N) is 3. The number of aromatic nitrogens is 3. The summed E-state index contributed by atoms with van der Waals surface area (Å²) in [7, 11) is 4.14. The van der Waals surface area contributed by atoms with Crippen molar-refractivity contribution in [3.8, 4) is 22.5 Å². The Morgan fingerprint density at radius 2 is 1.78 bits per heavy atom. The highest BCUT2D eigenvalue weighted by Gasteiger charge is 2.11. The van der Waals surface area contributed by atoms with Crippen molar-refractivity contribution in [1.29, 1.82) is 0 Å². The first-order chi connectivity index (χ1) is 17.9. The van der Waals surface area contributed by atoms with E-state index in [1.807, 2.05) is 30.3 Å². The van der Waals surface area contributed by atoms with E-state index in [1.54, 1.807) is 6.92 Å². The van der Waals surface area contributed by atoms with E-state index >= 15 is 0 Å². The van der Waals surface area contributed by atoms with Gasteiger partial charge in [0.05, 0.1) is 6.42 Å². The molecule has 2 heterocycles. The highest BCUT2D eigenvalue weighted by Crippen LogP contribution is 2.28. The fraction of sp³-hybridized carbons (Fsp3) is 0.233. The Labute approximate surface area is 216 Å². The van der Waals surface area contributed by atoms with E-state index in [4.69, 9.17) is 4.52 Å². The number of H-pyrrole nitrogens is 1. The zero-order chi connectivity index (χ0) is 25.9. The van der Waals surface area contributed by atoms with Gasteiger partial charge in [-0.05, 0) is 79.5 Å². The third kappa shape index (κ3) is 5.62. The SMILES string of the molecule is Cc1nc(-c2ccc(-c3ccc(CC(=O)Nc4ccc5[nH]cc(CCN(C)C)c5c4)cc3)c(C)c2)no1. The predicted octanol–water partition coefficient (Wildman–Crippen LogP) is 5.79. The number of aryl methyl sites for hydroxylation is 2. The van der Waals surface area contributed by atoms with Gasteiger partial charge in [-0.1, -0.05) is 41.6 Å². The van der Waals surface area contributed by atoms with Crippen molar-refractivity contribution in [3.05, 3.63) is 89.4 Å². The van der Waals surface area contributed by atoms with Crippen LogP contribution in [0.2, 0.25) is 0 Å². The number of likely N-dealkylation sites (N-methyl/N-ethyl adjacent to an activating group) is 1. The highest BCUT2D eigenvalue weighted by molar-refractivity contribution is 5.95. The van der Waals surface area contributed by atoms with E-state index in [1.165, 1.54) is 5.56 Å². The maximum absolute atomic E-state index is 12.8. The van der Waals surface area contributed by atoms with Gasteiger partial charge in [-0.3, -0.25) is 4.79 Å². The minimum absolute atomic E-state index is 0.0339. The number of benzene rings is 3. The minimum atomic E-state index is -0.0339. The number of amides is 1. The zero-order valence-electron chi connectivity index (χ0n) is 21.6. The Bertz CT molecular complexity index is 1550. The first kappa shape index (κ1) is 24.5. The van der Waals surface area contributed by atoms with Gasteiger partial charge in [0.15, 0.2) is 0 Å². The Morgan fingerprint density at radius 3 is 2.49 bits per heavy atom. The minimum Gasteiger partial charge on any atom is -0.361 e. The third-order valence-electron chi connectivity index (χ3n) is 6.52. The molecule has 2 N–H and O–H groups in total. The van der Waals surface area contributed by atoms with Crippen LogP contribution in [-0.2, 0) is 17.6 Å². The van der Waals surface area contributed by atoms with E-state index in [2.05, 4.69) is 82.9 Å².